The molecule has 0 aromatic carbocycles. The van der Waals surface area contributed by atoms with Crippen molar-refractivity contribution in [3.63, 3.8) is 0 Å². The van der Waals surface area contributed by atoms with Crippen molar-refractivity contribution in [3.05, 3.63) is 41.7 Å². The van der Waals surface area contributed by atoms with Gasteiger partial charge in [-0.2, -0.15) is 20.0 Å². The van der Waals surface area contributed by atoms with Gasteiger partial charge < -0.3 is 7.43 Å². The largest absolute Gasteiger partial charge is 0.358 e. The number of H-pyrrole nitrogens is 2. The van der Waals surface area contributed by atoms with Crippen LogP contribution in [0.2, 0.25) is 0 Å². The maximum absolute atomic E-state index is 3.92. The standard InChI is InChI=1S/C4H7N3.C3H4BrN3.C2H2BrN3.C2H6.2CH4.CH3.W.3Y/c1-4-5-3-7(2)6-4;1-7-2-5-3(4)6-7;3-2-4-1-5-6-2;1-2;;;;;;;/h3H,1-2H3;2H,1H3;1H,(H,4,5,6);1-2H3;2*1H4;1H3;;;;/q;;;;;;-1;;;;/p+1. The van der Waals surface area contributed by atoms with Crippen LogP contribution >= 0.6 is 31.9 Å². The second-order valence-electron chi connectivity index (χ2n) is 3.50. The molecule has 2 N–H and O–H groups in total. The van der Waals surface area contributed by atoms with E-state index < -0.39 is 0 Å². The van der Waals surface area contributed by atoms with Crippen molar-refractivity contribution >= 4 is 31.9 Å². The molecule has 3 aromatic rings. The Labute approximate surface area is 282 Å². The number of nitrogens with one attached hydrogen (secondary N) is 2. The Kier molecular flexibility index (Phi) is 63.9. The van der Waals surface area contributed by atoms with Gasteiger partial charge in [-0.15, -0.1) is 0 Å². The zero-order valence-corrected chi connectivity index (χ0v) is 30.9. The Morgan fingerprint density at radius 3 is 1.62 bits per heavy atom. The van der Waals surface area contributed by atoms with E-state index in [4.69, 9.17) is 0 Å². The topological polar surface area (TPSA) is 105 Å². The molecule has 15 heteroatoms. The van der Waals surface area contributed by atoms with Crippen LogP contribution in [0.5, 0.6) is 0 Å². The second-order valence-corrected chi connectivity index (χ2v) is 5.00. The number of aromatic nitrogens is 9. The van der Waals surface area contributed by atoms with E-state index in [0.29, 0.717) is 4.73 Å². The molecule has 0 bridgehead atoms. The monoisotopic (exact) mass is 934 g/mol. The summed E-state index contributed by atoms with van der Waals surface area (Å²) >= 11 is 6.20. The summed E-state index contributed by atoms with van der Waals surface area (Å²) in [5.74, 6) is 0.822. The number of nitrogens with zero attached hydrogens (tertiary/aromatic N) is 7. The molecule has 0 fully saturated rings. The van der Waals surface area contributed by atoms with E-state index in [1.165, 1.54) is 6.33 Å². The molecule has 0 saturated heterocycles. The summed E-state index contributed by atoms with van der Waals surface area (Å²) in [6.07, 6.45) is 4.80. The van der Waals surface area contributed by atoms with Crippen LogP contribution in [0.4, 0.5) is 0 Å². The van der Waals surface area contributed by atoms with E-state index in [0.717, 1.165) is 10.6 Å². The van der Waals surface area contributed by atoms with E-state index in [2.05, 4.69) is 67.2 Å². The Hall–Kier alpha value is 2.38. The third-order valence-corrected chi connectivity index (χ3v) is 2.48. The third-order valence-electron chi connectivity index (χ3n) is 1.71. The first kappa shape index (κ1) is 53.0. The van der Waals surface area contributed by atoms with Gasteiger partial charge in [0.2, 0.25) is 0 Å². The van der Waals surface area contributed by atoms with Gasteiger partial charge >= 0.3 is 11.1 Å². The number of rotatable bonds is 0. The van der Waals surface area contributed by atoms with Gasteiger partial charge in [0.25, 0.3) is 0 Å². The maximum atomic E-state index is 3.92. The average molecular weight is 936 g/mol. The fourth-order valence-corrected chi connectivity index (χ4v) is 1.54. The summed E-state index contributed by atoms with van der Waals surface area (Å²) in [7, 11) is 3.72. The van der Waals surface area contributed by atoms with Crippen LogP contribution in [0, 0.1) is 14.4 Å². The molecule has 3 radical (unpaired) electrons. The van der Waals surface area contributed by atoms with Gasteiger partial charge in [0, 0.05) is 142 Å². The minimum atomic E-state index is 0. The summed E-state index contributed by atoms with van der Waals surface area (Å²) in [6, 6.07) is 0. The minimum absolute atomic E-state index is 0. The van der Waals surface area contributed by atoms with E-state index in [1.54, 1.807) is 22.0 Å². The summed E-state index contributed by atoms with van der Waals surface area (Å²) in [4.78, 5) is 11.4. The smallest absolute Gasteiger partial charge is 0.318 e. The van der Waals surface area contributed by atoms with Crippen molar-refractivity contribution < 1.29 is 124 Å². The molecular formula is C14H31Br2N9WY3. The fraction of sp³-hybridized carbons (Fsp3) is 0.500. The number of aromatic amines is 2. The Morgan fingerprint density at radius 1 is 1.00 bits per heavy atom. The molecule has 0 spiro atoms. The van der Waals surface area contributed by atoms with Crippen molar-refractivity contribution in [2.24, 2.45) is 14.1 Å². The van der Waals surface area contributed by atoms with Crippen molar-refractivity contribution in [2.45, 2.75) is 35.6 Å². The number of hydrogen-bond donors (Lipinski definition) is 2. The summed E-state index contributed by atoms with van der Waals surface area (Å²) in [5, 5.41) is 12.9. The van der Waals surface area contributed by atoms with Gasteiger partial charge in [0.05, 0.1) is 0 Å². The molecule has 0 saturated carbocycles. The van der Waals surface area contributed by atoms with Crippen molar-refractivity contribution in [3.8, 4) is 0 Å². The van der Waals surface area contributed by atoms with Gasteiger partial charge in [-0.1, -0.05) is 28.7 Å². The van der Waals surface area contributed by atoms with Crippen LogP contribution in [-0.4, -0.2) is 40.0 Å². The summed E-state index contributed by atoms with van der Waals surface area (Å²) < 4.78 is 4.86. The van der Waals surface area contributed by atoms with Crippen molar-refractivity contribution in [2.75, 3.05) is 0 Å². The molecule has 0 unspecified atom stereocenters. The van der Waals surface area contributed by atoms with E-state index in [9.17, 15) is 0 Å². The molecule has 3 aromatic heterocycles. The van der Waals surface area contributed by atoms with Crippen LogP contribution in [0.25, 0.3) is 0 Å². The van der Waals surface area contributed by atoms with Crippen molar-refractivity contribution in [1.82, 2.24) is 40.0 Å². The first-order chi connectivity index (χ1) is 10.5. The number of hydrogen-bond acceptors (Lipinski definition) is 5. The number of halogens is 2. The molecular weight excluding hydrogens is 905 g/mol. The van der Waals surface area contributed by atoms with Gasteiger partial charge in [-0.3, -0.25) is 9.78 Å². The second kappa shape index (κ2) is 35.0. The predicted molar refractivity (Wildman–Crippen MR) is 109 cm³/mol. The molecule has 0 aliphatic heterocycles. The molecule has 0 aliphatic rings. The van der Waals surface area contributed by atoms with Crippen LogP contribution < -0.4 is 4.68 Å². The van der Waals surface area contributed by atoms with E-state index >= 15 is 0 Å². The predicted octanol–water partition coefficient (Wildman–Crippen LogP) is 3.43. The fourth-order valence-electron chi connectivity index (χ4n) is 0.978. The van der Waals surface area contributed by atoms with Crippen LogP contribution in [0.3, 0.4) is 0 Å². The summed E-state index contributed by atoms with van der Waals surface area (Å²) in [5.41, 5.74) is 0. The Balaban J connectivity index is -0.0000000327. The average Bonchev–Trinajstić information content (AvgIpc) is 3.19. The quantitative estimate of drug-likeness (QED) is 0.266. The first-order valence-electron chi connectivity index (χ1n) is 6.36. The zero-order chi connectivity index (χ0) is 17.0. The van der Waals surface area contributed by atoms with Gasteiger partial charge in [-0.05, 0) is 27.8 Å². The third kappa shape index (κ3) is 32.6. The molecule has 0 aliphatic carbocycles. The number of aryl methyl sites for hydroxylation is 3. The molecule has 0 amide bonds. The Bertz CT molecular complexity index is 554. The molecule has 29 heavy (non-hydrogen) atoms. The van der Waals surface area contributed by atoms with E-state index in [1.807, 2.05) is 34.9 Å². The van der Waals surface area contributed by atoms with Gasteiger partial charge in [-0.25, -0.2) is 9.97 Å². The van der Waals surface area contributed by atoms with Gasteiger partial charge in [0.1, 0.15) is 25.5 Å². The molecule has 0 atom stereocenters. The Morgan fingerprint density at radius 2 is 1.52 bits per heavy atom. The maximum Gasteiger partial charge on any atom is 0.318 e. The molecule has 9 nitrogen and oxygen atoms in total. The first-order valence-corrected chi connectivity index (χ1v) is 7.95. The summed E-state index contributed by atoms with van der Waals surface area (Å²) in [6.45, 7) is 5.86. The van der Waals surface area contributed by atoms with Crippen LogP contribution in [0.1, 0.15) is 34.5 Å². The van der Waals surface area contributed by atoms with Crippen LogP contribution in [-0.2, 0) is 133 Å². The molecule has 3 rings (SSSR count). The molecule has 3 heterocycles. The molecule has 161 valence electrons. The minimum Gasteiger partial charge on any atom is -0.358 e. The van der Waals surface area contributed by atoms with E-state index in [-0.39, 0.29) is 141 Å². The van der Waals surface area contributed by atoms with Gasteiger partial charge in [0.15, 0.2) is 4.73 Å². The SMILES string of the molecule is Brc1ncn[nH]1.C.C.CC.C[n+]1cnc(Br)[nH]1.Cc1ncn(C)n1.[CH3-].[W].[Y].[Y].[Y]. The normalized spacial score (nSPS) is 6.59. The van der Waals surface area contributed by atoms with Crippen LogP contribution in [0.15, 0.2) is 28.4 Å². The zero-order valence-electron chi connectivity index (χ0n) is 16.3. The van der Waals surface area contributed by atoms with Crippen molar-refractivity contribution in [1.29, 1.82) is 0 Å².